The van der Waals surface area contributed by atoms with E-state index in [9.17, 15) is 0 Å². The summed E-state index contributed by atoms with van der Waals surface area (Å²) in [5.74, 6) is 4.63. The first-order valence-corrected chi connectivity index (χ1v) is 10.9. The number of rotatable bonds is 5. The molecule has 4 N–H and O–H groups in total. The number of ether oxygens (including phenoxy) is 2. The summed E-state index contributed by atoms with van der Waals surface area (Å²) in [6.07, 6.45) is 6.01. The number of H-pyrrole nitrogens is 2. The summed E-state index contributed by atoms with van der Waals surface area (Å²) in [6, 6.07) is 12.2. The van der Waals surface area contributed by atoms with Gasteiger partial charge in [0.2, 0.25) is 0 Å². The van der Waals surface area contributed by atoms with Crippen LogP contribution in [-0.2, 0) is 6.54 Å². The number of hydrogen-bond acceptors (Lipinski definition) is 6. The van der Waals surface area contributed by atoms with Gasteiger partial charge in [-0.05, 0) is 62.8 Å². The van der Waals surface area contributed by atoms with Gasteiger partial charge in [-0.1, -0.05) is 0 Å². The number of aromatic nitrogens is 4. The van der Waals surface area contributed by atoms with E-state index in [1.807, 2.05) is 55.8 Å². The number of imidazole rings is 2. The zero-order chi connectivity index (χ0) is 21.5. The SMILES string of the molecule is CNCc1ncc(-c2ccc3c(c2)Oc2ccc(-c4cnc(C5CCCN5)[nH]4)cc2O3)[nH]1. The van der Waals surface area contributed by atoms with Gasteiger partial charge in [0, 0.05) is 11.1 Å². The first-order chi connectivity index (χ1) is 15.8. The Morgan fingerprint density at radius 1 is 0.906 bits per heavy atom. The average Bonchev–Trinajstić information content (AvgIpc) is 3.59. The maximum atomic E-state index is 6.17. The van der Waals surface area contributed by atoms with Gasteiger partial charge in [-0.25, -0.2) is 9.97 Å². The Balaban J connectivity index is 1.25. The Morgan fingerprint density at radius 3 is 2.25 bits per heavy atom. The van der Waals surface area contributed by atoms with Crippen LogP contribution in [-0.4, -0.2) is 33.5 Å². The highest BCUT2D eigenvalue weighted by Gasteiger charge is 2.22. The third kappa shape index (κ3) is 3.43. The summed E-state index contributed by atoms with van der Waals surface area (Å²) in [5.41, 5.74) is 3.92. The van der Waals surface area contributed by atoms with Crippen molar-refractivity contribution < 1.29 is 9.47 Å². The lowest BCUT2D eigenvalue weighted by Crippen LogP contribution is -2.14. The van der Waals surface area contributed by atoms with Crippen molar-refractivity contribution in [2.24, 2.45) is 0 Å². The molecule has 8 nitrogen and oxygen atoms in total. The fourth-order valence-corrected chi connectivity index (χ4v) is 4.26. The van der Waals surface area contributed by atoms with Gasteiger partial charge < -0.3 is 30.1 Å². The van der Waals surface area contributed by atoms with E-state index in [0.717, 1.165) is 47.1 Å². The Labute approximate surface area is 185 Å². The fraction of sp³-hybridized carbons (Fsp3) is 0.250. The average molecular weight is 428 g/mol. The smallest absolute Gasteiger partial charge is 0.170 e. The molecule has 4 heterocycles. The van der Waals surface area contributed by atoms with E-state index in [1.54, 1.807) is 0 Å². The molecule has 8 heteroatoms. The molecule has 0 spiro atoms. The number of fused-ring (bicyclic) bond motifs is 2. The first kappa shape index (κ1) is 19.1. The lowest BCUT2D eigenvalue weighted by molar-refractivity contribution is 0.360. The lowest BCUT2D eigenvalue weighted by Gasteiger charge is -2.21. The van der Waals surface area contributed by atoms with E-state index >= 15 is 0 Å². The van der Waals surface area contributed by atoms with Crippen molar-refractivity contribution in [2.75, 3.05) is 13.6 Å². The van der Waals surface area contributed by atoms with Crippen LogP contribution >= 0.6 is 0 Å². The molecule has 2 aromatic heterocycles. The van der Waals surface area contributed by atoms with Crippen molar-refractivity contribution in [3.05, 3.63) is 60.4 Å². The molecule has 32 heavy (non-hydrogen) atoms. The minimum absolute atomic E-state index is 0.311. The highest BCUT2D eigenvalue weighted by atomic mass is 16.6. The topological polar surface area (TPSA) is 99.9 Å². The van der Waals surface area contributed by atoms with Crippen LogP contribution in [0.2, 0.25) is 0 Å². The second-order valence-electron chi connectivity index (χ2n) is 8.13. The normalized spacial score (nSPS) is 16.8. The molecule has 1 saturated heterocycles. The molecule has 0 radical (unpaired) electrons. The number of aromatic amines is 2. The highest BCUT2D eigenvalue weighted by molar-refractivity contribution is 5.69. The van der Waals surface area contributed by atoms with Gasteiger partial charge in [-0.3, -0.25) is 0 Å². The molecular weight excluding hydrogens is 404 g/mol. The minimum Gasteiger partial charge on any atom is -0.449 e. The molecule has 2 aliphatic rings. The summed E-state index contributed by atoms with van der Waals surface area (Å²) in [5, 5.41) is 6.57. The molecule has 0 saturated carbocycles. The standard InChI is InChI=1S/C24H24N6O2/c1-25-13-23-27-11-17(29-23)14-4-6-19-21(9-14)31-20-7-5-15(10-22(20)32-19)18-12-28-24(30-18)16-3-2-8-26-16/h4-7,9-12,16,25-26H,2-3,8,13H2,1H3,(H,27,29)(H,28,30). The first-order valence-electron chi connectivity index (χ1n) is 10.9. The number of nitrogens with one attached hydrogen (secondary N) is 4. The fourth-order valence-electron chi connectivity index (χ4n) is 4.26. The largest absolute Gasteiger partial charge is 0.449 e. The molecular formula is C24H24N6O2. The van der Waals surface area contributed by atoms with Crippen molar-refractivity contribution in [3.63, 3.8) is 0 Å². The van der Waals surface area contributed by atoms with Gasteiger partial charge in [-0.15, -0.1) is 0 Å². The maximum absolute atomic E-state index is 6.17. The monoisotopic (exact) mass is 428 g/mol. The van der Waals surface area contributed by atoms with Gasteiger partial charge in [0.15, 0.2) is 23.0 Å². The van der Waals surface area contributed by atoms with Gasteiger partial charge in [0.1, 0.15) is 11.6 Å². The van der Waals surface area contributed by atoms with Crippen LogP contribution in [0.1, 0.15) is 30.5 Å². The molecule has 2 aromatic carbocycles. The van der Waals surface area contributed by atoms with E-state index in [1.165, 1.54) is 6.42 Å². The second kappa shape index (κ2) is 7.81. The minimum atomic E-state index is 0.311. The summed E-state index contributed by atoms with van der Waals surface area (Å²) in [4.78, 5) is 15.7. The Morgan fingerprint density at radius 2 is 1.59 bits per heavy atom. The van der Waals surface area contributed by atoms with Crippen molar-refractivity contribution in [1.82, 2.24) is 30.6 Å². The third-order valence-electron chi connectivity index (χ3n) is 5.91. The molecule has 1 unspecified atom stereocenters. The van der Waals surface area contributed by atoms with Crippen LogP contribution in [0.5, 0.6) is 23.0 Å². The van der Waals surface area contributed by atoms with E-state index in [4.69, 9.17) is 9.47 Å². The number of hydrogen-bond donors (Lipinski definition) is 4. The second-order valence-corrected chi connectivity index (χ2v) is 8.13. The molecule has 0 aliphatic carbocycles. The van der Waals surface area contributed by atoms with E-state index in [0.29, 0.717) is 35.6 Å². The summed E-state index contributed by atoms with van der Waals surface area (Å²) in [7, 11) is 1.90. The van der Waals surface area contributed by atoms with Crippen LogP contribution in [0.3, 0.4) is 0 Å². The van der Waals surface area contributed by atoms with E-state index in [-0.39, 0.29) is 0 Å². The van der Waals surface area contributed by atoms with E-state index in [2.05, 4.69) is 30.6 Å². The Hall–Kier alpha value is -3.62. The predicted octanol–water partition coefficient (Wildman–Crippen LogP) is 4.51. The third-order valence-corrected chi connectivity index (χ3v) is 5.91. The quantitative estimate of drug-likeness (QED) is 0.329. The van der Waals surface area contributed by atoms with Crippen molar-refractivity contribution >= 4 is 0 Å². The molecule has 0 bridgehead atoms. The molecule has 1 atom stereocenters. The number of benzene rings is 2. The van der Waals surface area contributed by atoms with Crippen LogP contribution < -0.4 is 20.1 Å². The highest BCUT2D eigenvalue weighted by Crippen LogP contribution is 2.47. The van der Waals surface area contributed by atoms with Crippen LogP contribution in [0.15, 0.2) is 48.8 Å². The molecule has 162 valence electrons. The number of nitrogens with zero attached hydrogens (tertiary/aromatic N) is 2. The van der Waals surface area contributed by atoms with Crippen molar-refractivity contribution in [3.8, 4) is 45.5 Å². The van der Waals surface area contributed by atoms with Crippen LogP contribution in [0.25, 0.3) is 22.5 Å². The molecule has 0 amide bonds. The molecule has 1 fully saturated rings. The van der Waals surface area contributed by atoms with Gasteiger partial charge in [-0.2, -0.15) is 0 Å². The predicted molar refractivity (Wildman–Crippen MR) is 121 cm³/mol. The van der Waals surface area contributed by atoms with Crippen molar-refractivity contribution in [1.29, 1.82) is 0 Å². The Bertz CT molecular complexity index is 1270. The summed E-state index contributed by atoms with van der Waals surface area (Å²) in [6.45, 7) is 1.73. The molecule has 6 rings (SSSR count). The van der Waals surface area contributed by atoms with Gasteiger partial charge >= 0.3 is 0 Å². The van der Waals surface area contributed by atoms with Gasteiger partial charge in [0.05, 0.1) is 36.4 Å². The zero-order valence-electron chi connectivity index (χ0n) is 17.7. The lowest BCUT2D eigenvalue weighted by atomic mass is 10.1. The maximum Gasteiger partial charge on any atom is 0.170 e. The van der Waals surface area contributed by atoms with Gasteiger partial charge in [0.25, 0.3) is 0 Å². The van der Waals surface area contributed by atoms with Crippen molar-refractivity contribution in [2.45, 2.75) is 25.4 Å². The summed E-state index contributed by atoms with van der Waals surface area (Å²) >= 11 is 0. The molecule has 2 aliphatic heterocycles. The van der Waals surface area contributed by atoms with Crippen LogP contribution in [0.4, 0.5) is 0 Å². The van der Waals surface area contributed by atoms with Crippen LogP contribution in [0, 0.1) is 0 Å². The zero-order valence-corrected chi connectivity index (χ0v) is 17.7. The van der Waals surface area contributed by atoms with E-state index < -0.39 is 0 Å². The summed E-state index contributed by atoms with van der Waals surface area (Å²) < 4.78 is 12.3. The molecule has 4 aromatic rings. The Kier molecular flexibility index (Phi) is 4.66.